The van der Waals surface area contributed by atoms with Crippen LogP contribution in [0, 0.1) is 18.8 Å². The fourth-order valence-corrected chi connectivity index (χ4v) is 2.38. The summed E-state index contributed by atoms with van der Waals surface area (Å²) in [6.07, 6.45) is 5.34. The predicted molar refractivity (Wildman–Crippen MR) is 63.2 cm³/mol. The van der Waals surface area contributed by atoms with Crippen molar-refractivity contribution in [1.29, 1.82) is 0 Å². The van der Waals surface area contributed by atoms with E-state index in [4.69, 9.17) is 0 Å². The minimum absolute atomic E-state index is 0.307. The first-order valence-electron chi connectivity index (χ1n) is 5.94. The number of nitrogens with zero attached hydrogens (tertiary/aromatic N) is 2. The van der Waals surface area contributed by atoms with Gasteiger partial charge in [0.15, 0.2) is 0 Å². The lowest BCUT2D eigenvalue weighted by Crippen LogP contribution is -2.21. The summed E-state index contributed by atoms with van der Waals surface area (Å²) in [4.78, 5) is 8.47. The Hall–Kier alpha value is -1.16. The van der Waals surface area contributed by atoms with E-state index in [2.05, 4.69) is 15.3 Å². The molecule has 0 aliphatic heterocycles. The first-order valence-corrected chi connectivity index (χ1v) is 5.94. The van der Waals surface area contributed by atoms with Crippen LogP contribution in [0.2, 0.25) is 0 Å². The zero-order chi connectivity index (χ0) is 11.4. The smallest absolute Gasteiger partial charge is 0.222 e. The van der Waals surface area contributed by atoms with Crippen LogP contribution in [0.5, 0.6) is 0 Å². The van der Waals surface area contributed by atoms with E-state index in [0.717, 1.165) is 18.7 Å². The maximum Gasteiger partial charge on any atom is 0.222 e. The van der Waals surface area contributed by atoms with Crippen LogP contribution in [0.25, 0.3) is 0 Å². The molecule has 0 aromatic carbocycles. The molecule has 16 heavy (non-hydrogen) atoms. The molecular weight excluding hydrogens is 202 g/mol. The first-order chi connectivity index (χ1) is 7.79. The number of hydrogen-bond donors (Lipinski definition) is 2. The van der Waals surface area contributed by atoms with Crippen molar-refractivity contribution >= 4 is 5.95 Å². The molecule has 1 saturated carbocycles. The second kappa shape index (κ2) is 5.25. The molecule has 0 bridgehead atoms. The summed E-state index contributed by atoms with van der Waals surface area (Å²) in [7, 11) is 0. The van der Waals surface area contributed by atoms with Crippen molar-refractivity contribution in [3.05, 3.63) is 18.0 Å². The zero-order valence-electron chi connectivity index (χ0n) is 9.69. The summed E-state index contributed by atoms with van der Waals surface area (Å²) < 4.78 is 0. The van der Waals surface area contributed by atoms with Crippen molar-refractivity contribution < 1.29 is 5.11 Å². The highest BCUT2D eigenvalue weighted by Gasteiger charge is 2.26. The summed E-state index contributed by atoms with van der Waals surface area (Å²) in [6.45, 7) is 3.13. The van der Waals surface area contributed by atoms with Crippen LogP contribution < -0.4 is 5.32 Å². The van der Waals surface area contributed by atoms with Gasteiger partial charge in [0.05, 0.1) is 0 Å². The van der Waals surface area contributed by atoms with E-state index in [1.54, 1.807) is 6.20 Å². The highest BCUT2D eigenvalue weighted by molar-refractivity contribution is 5.24. The van der Waals surface area contributed by atoms with Crippen molar-refractivity contribution in [3.8, 4) is 0 Å². The molecule has 2 rings (SSSR count). The molecule has 1 aromatic heterocycles. The van der Waals surface area contributed by atoms with Crippen LogP contribution >= 0.6 is 0 Å². The van der Waals surface area contributed by atoms with E-state index in [-0.39, 0.29) is 0 Å². The van der Waals surface area contributed by atoms with Crippen molar-refractivity contribution in [2.45, 2.75) is 26.2 Å². The molecule has 4 nitrogen and oxygen atoms in total. The number of rotatable bonds is 4. The summed E-state index contributed by atoms with van der Waals surface area (Å²) in [5, 5.41) is 12.5. The van der Waals surface area contributed by atoms with Crippen molar-refractivity contribution in [3.63, 3.8) is 0 Å². The molecule has 4 heteroatoms. The van der Waals surface area contributed by atoms with Gasteiger partial charge in [0.25, 0.3) is 0 Å². The van der Waals surface area contributed by atoms with E-state index >= 15 is 0 Å². The maximum absolute atomic E-state index is 9.22. The average molecular weight is 221 g/mol. The van der Waals surface area contributed by atoms with Gasteiger partial charge in [-0.3, -0.25) is 0 Å². The molecule has 88 valence electrons. The minimum atomic E-state index is 0.307. The zero-order valence-corrected chi connectivity index (χ0v) is 9.69. The molecule has 0 spiro atoms. The molecule has 1 heterocycles. The Balaban J connectivity index is 1.87. The monoisotopic (exact) mass is 221 g/mol. The topological polar surface area (TPSA) is 58.0 Å². The minimum Gasteiger partial charge on any atom is -0.396 e. The molecule has 2 atom stereocenters. The van der Waals surface area contributed by atoms with Crippen LogP contribution in [0.15, 0.2) is 12.3 Å². The molecule has 1 fully saturated rings. The van der Waals surface area contributed by atoms with Gasteiger partial charge >= 0.3 is 0 Å². The molecule has 1 aromatic rings. The lowest BCUT2D eigenvalue weighted by molar-refractivity contribution is 0.199. The second-order valence-electron chi connectivity index (χ2n) is 4.54. The van der Waals surface area contributed by atoms with Gasteiger partial charge in [-0.15, -0.1) is 0 Å². The van der Waals surface area contributed by atoms with Crippen LogP contribution in [-0.2, 0) is 0 Å². The number of nitrogens with one attached hydrogen (secondary N) is 1. The summed E-state index contributed by atoms with van der Waals surface area (Å²) in [5.74, 6) is 1.72. The number of aryl methyl sites for hydroxylation is 1. The fraction of sp³-hybridized carbons (Fsp3) is 0.667. The van der Waals surface area contributed by atoms with Gasteiger partial charge in [-0.05, 0) is 37.7 Å². The van der Waals surface area contributed by atoms with Gasteiger partial charge in [-0.2, -0.15) is 0 Å². The van der Waals surface area contributed by atoms with E-state index in [9.17, 15) is 5.11 Å². The van der Waals surface area contributed by atoms with E-state index < -0.39 is 0 Å². The Morgan fingerprint density at radius 1 is 1.44 bits per heavy atom. The summed E-state index contributed by atoms with van der Waals surface area (Å²) in [6, 6.07) is 1.89. The lowest BCUT2D eigenvalue weighted by Gasteiger charge is -2.17. The fourth-order valence-electron chi connectivity index (χ4n) is 2.38. The SMILES string of the molecule is Cc1ccnc(NCC2CCCC2CO)n1. The van der Waals surface area contributed by atoms with Gasteiger partial charge < -0.3 is 10.4 Å². The molecule has 1 aliphatic carbocycles. The Bertz CT molecular complexity index is 343. The summed E-state index contributed by atoms with van der Waals surface area (Å²) >= 11 is 0. The average Bonchev–Trinajstić information content (AvgIpc) is 2.74. The first kappa shape index (κ1) is 11.3. The van der Waals surface area contributed by atoms with Crippen molar-refractivity contribution in [2.24, 2.45) is 11.8 Å². The summed E-state index contributed by atoms with van der Waals surface area (Å²) in [5.41, 5.74) is 0.975. The van der Waals surface area contributed by atoms with Crippen molar-refractivity contribution in [2.75, 3.05) is 18.5 Å². The maximum atomic E-state index is 9.22. The Labute approximate surface area is 96.1 Å². The van der Waals surface area contributed by atoms with Crippen LogP contribution in [0.1, 0.15) is 25.0 Å². The van der Waals surface area contributed by atoms with Crippen LogP contribution in [0.3, 0.4) is 0 Å². The molecule has 2 N–H and O–H groups in total. The molecule has 0 radical (unpaired) electrons. The van der Waals surface area contributed by atoms with Crippen LogP contribution in [-0.4, -0.2) is 28.2 Å². The largest absolute Gasteiger partial charge is 0.396 e. The predicted octanol–water partition coefficient (Wildman–Crippen LogP) is 1.61. The molecule has 2 unspecified atom stereocenters. The number of hydrogen-bond acceptors (Lipinski definition) is 4. The Kier molecular flexibility index (Phi) is 3.72. The standard InChI is InChI=1S/C12H19N3O/c1-9-5-6-13-12(15-9)14-7-10-3-2-4-11(10)8-16/h5-6,10-11,16H,2-4,7-8H2,1H3,(H,13,14,15). The van der Waals surface area contributed by atoms with Gasteiger partial charge in [0, 0.05) is 25.0 Å². The molecule has 0 saturated heterocycles. The quantitative estimate of drug-likeness (QED) is 0.811. The third-order valence-electron chi connectivity index (χ3n) is 3.37. The molecule has 0 amide bonds. The number of anilines is 1. The van der Waals surface area contributed by atoms with Gasteiger partial charge in [-0.25, -0.2) is 9.97 Å². The second-order valence-corrected chi connectivity index (χ2v) is 4.54. The number of aromatic nitrogens is 2. The Morgan fingerprint density at radius 2 is 2.25 bits per heavy atom. The normalized spacial score (nSPS) is 24.6. The Morgan fingerprint density at radius 3 is 3.00 bits per heavy atom. The van der Waals surface area contributed by atoms with E-state index in [1.807, 2.05) is 13.0 Å². The van der Waals surface area contributed by atoms with Gasteiger partial charge in [0.1, 0.15) is 0 Å². The molecule has 1 aliphatic rings. The number of aliphatic hydroxyl groups is 1. The van der Waals surface area contributed by atoms with Crippen LogP contribution in [0.4, 0.5) is 5.95 Å². The highest BCUT2D eigenvalue weighted by atomic mass is 16.3. The van der Waals surface area contributed by atoms with Gasteiger partial charge in [-0.1, -0.05) is 6.42 Å². The third kappa shape index (κ3) is 2.70. The van der Waals surface area contributed by atoms with Gasteiger partial charge in [0.2, 0.25) is 5.95 Å². The third-order valence-corrected chi connectivity index (χ3v) is 3.37. The van der Waals surface area contributed by atoms with E-state index in [0.29, 0.717) is 24.4 Å². The molecular formula is C12H19N3O. The highest BCUT2D eigenvalue weighted by Crippen LogP contribution is 2.31. The van der Waals surface area contributed by atoms with Crippen molar-refractivity contribution in [1.82, 2.24) is 9.97 Å². The number of aliphatic hydroxyl groups excluding tert-OH is 1. The van der Waals surface area contributed by atoms with E-state index in [1.165, 1.54) is 12.8 Å². The lowest BCUT2D eigenvalue weighted by atomic mass is 9.97.